The van der Waals surface area contributed by atoms with Gasteiger partial charge in [-0.1, -0.05) is 17.7 Å². The molecule has 0 radical (unpaired) electrons. The topological polar surface area (TPSA) is 56.5 Å². The second kappa shape index (κ2) is 5.89. The summed E-state index contributed by atoms with van der Waals surface area (Å²) in [5.41, 5.74) is 1.43. The Morgan fingerprint density at radius 3 is 2.61 bits per heavy atom. The van der Waals surface area contributed by atoms with Gasteiger partial charge in [-0.3, -0.25) is 4.79 Å². The molecule has 3 rings (SSSR count). The van der Waals surface area contributed by atoms with Crippen molar-refractivity contribution in [2.24, 2.45) is 0 Å². The lowest BCUT2D eigenvalue weighted by Crippen LogP contribution is -2.08. The molecule has 1 heterocycles. The molecule has 0 bridgehead atoms. The Labute approximate surface area is 137 Å². The van der Waals surface area contributed by atoms with Gasteiger partial charge in [0, 0.05) is 10.4 Å². The standard InChI is InChI=1S/C18H13ClO4/c1-10(20)17-11(2)22-16-7-6-14(9-15(16)17)23-18(21)12-4-3-5-13(19)8-12/h3-9H,1-2H3. The molecule has 0 N–H and O–H groups in total. The normalized spacial score (nSPS) is 10.7. The fraction of sp³-hybridized carbons (Fsp3) is 0.111. The average molecular weight is 329 g/mol. The van der Waals surface area contributed by atoms with Crippen molar-refractivity contribution < 1.29 is 18.7 Å². The van der Waals surface area contributed by atoms with Crippen LogP contribution in [0.4, 0.5) is 0 Å². The molecule has 2 aromatic carbocycles. The molecule has 5 heteroatoms. The summed E-state index contributed by atoms with van der Waals surface area (Å²) in [7, 11) is 0. The van der Waals surface area contributed by atoms with Gasteiger partial charge in [-0.05, 0) is 50.2 Å². The summed E-state index contributed by atoms with van der Waals surface area (Å²) >= 11 is 5.87. The van der Waals surface area contributed by atoms with E-state index in [1.165, 1.54) is 13.0 Å². The van der Waals surface area contributed by atoms with Crippen LogP contribution in [0.2, 0.25) is 5.02 Å². The predicted octanol–water partition coefficient (Wildman–Crippen LogP) is 4.82. The maximum absolute atomic E-state index is 12.2. The van der Waals surface area contributed by atoms with E-state index in [1.54, 1.807) is 43.3 Å². The first-order valence-electron chi connectivity index (χ1n) is 6.97. The number of ketones is 1. The van der Waals surface area contributed by atoms with Crippen LogP contribution in [0.3, 0.4) is 0 Å². The SMILES string of the molecule is CC(=O)c1c(C)oc2ccc(OC(=O)c3cccc(Cl)c3)cc12. The number of Topliss-reactive ketones (excluding diaryl/α,β-unsaturated/α-hetero) is 1. The van der Waals surface area contributed by atoms with Crippen LogP contribution in [0.5, 0.6) is 5.75 Å². The third-order valence-electron chi connectivity index (χ3n) is 3.46. The lowest BCUT2D eigenvalue weighted by atomic mass is 10.1. The van der Waals surface area contributed by atoms with Gasteiger partial charge in [-0.25, -0.2) is 4.79 Å². The molecule has 116 valence electrons. The molecule has 0 atom stereocenters. The fourth-order valence-corrected chi connectivity index (χ4v) is 2.67. The Hall–Kier alpha value is -2.59. The highest BCUT2D eigenvalue weighted by atomic mass is 35.5. The van der Waals surface area contributed by atoms with Crippen molar-refractivity contribution in [3.8, 4) is 5.75 Å². The zero-order valence-corrected chi connectivity index (χ0v) is 13.3. The monoisotopic (exact) mass is 328 g/mol. The van der Waals surface area contributed by atoms with Gasteiger partial charge in [0.2, 0.25) is 0 Å². The van der Waals surface area contributed by atoms with Crippen LogP contribution in [-0.2, 0) is 0 Å². The molecular formula is C18H13ClO4. The Morgan fingerprint density at radius 2 is 1.91 bits per heavy atom. The molecule has 23 heavy (non-hydrogen) atoms. The third-order valence-corrected chi connectivity index (χ3v) is 3.69. The summed E-state index contributed by atoms with van der Waals surface area (Å²) in [6.45, 7) is 3.20. The van der Waals surface area contributed by atoms with E-state index in [4.69, 9.17) is 20.8 Å². The summed E-state index contributed by atoms with van der Waals surface area (Å²) < 4.78 is 10.9. The van der Waals surface area contributed by atoms with Crippen molar-refractivity contribution in [1.82, 2.24) is 0 Å². The molecule has 1 aromatic heterocycles. The fourth-order valence-electron chi connectivity index (χ4n) is 2.48. The lowest BCUT2D eigenvalue weighted by molar-refractivity contribution is 0.0735. The minimum absolute atomic E-state index is 0.0976. The smallest absolute Gasteiger partial charge is 0.343 e. The minimum atomic E-state index is -0.517. The molecule has 0 fully saturated rings. The van der Waals surface area contributed by atoms with Crippen LogP contribution in [0.1, 0.15) is 33.4 Å². The first kappa shape index (κ1) is 15.3. The largest absolute Gasteiger partial charge is 0.461 e. The zero-order chi connectivity index (χ0) is 16.6. The van der Waals surface area contributed by atoms with Gasteiger partial charge >= 0.3 is 5.97 Å². The molecule has 0 aliphatic carbocycles. The molecule has 0 amide bonds. The van der Waals surface area contributed by atoms with Gasteiger partial charge in [-0.2, -0.15) is 0 Å². The van der Waals surface area contributed by atoms with Crippen molar-refractivity contribution >= 4 is 34.3 Å². The van der Waals surface area contributed by atoms with Gasteiger partial charge < -0.3 is 9.15 Å². The van der Waals surface area contributed by atoms with Crippen molar-refractivity contribution in [1.29, 1.82) is 0 Å². The van der Waals surface area contributed by atoms with Crippen LogP contribution in [0, 0.1) is 6.92 Å². The first-order chi connectivity index (χ1) is 11.0. The molecule has 0 unspecified atom stereocenters. The maximum Gasteiger partial charge on any atom is 0.343 e. The van der Waals surface area contributed by atoms with E-state index in [-0.39, 0.29) is 5.78 Å². The Bertz CT molecular complexity index is 924. The molecule has 0 aliphatic rings. The second-order valence-corrected chi connectivity index (χ2v) is 5.58. The summed E-state index contributed by atoms with van der Waals surface area (Å²) in [5, 5.41) is 1.09. The van der Waals surface area contributed by atoms with Crippen LogP contribution in [0.15, 0.2) is 46.9 Å². The van der Waals surface area contributed by atoms with Crippen molar-refractivity contribution in [3.05, 3.63) is 64.4 Å². The summed E-state index contributed by atoms with van der Waals surface area (Å²) in [6, 6.07) is 11.4. The number of fused-ring (bicyclic) bond motifs is 1. The summed E-state index contributed by atoms with van der Waals surface area (Å²) in [4.78, 5) is 23.9. The number of hydrogen-bond donors (Lipinski definition) is 0. The number of furan rings is 1. The highest BCUT2D eigenvalue weighted by Crippen LogP contribution is 2.29. The Balaban J connectivity index is 1.96. The Morgan fingerprint density at radius 1 is 1.13 bits per heavy atom. The highest BCUT2D eigenvalue weighted by Gasteiger charge is 2.16. The maximum atomic E-state index is 12.2. The van der Waals surface area contributed by atoms with Gasteiger partial charge in [0.25, 0.3) is 0 Å². The van der Waals surface area contributed by atoms with Crippen LogP contribution >= 0.6 is 11.6 Å². The molecule has 4 nitrogen and oxygen atoms in total. The van der Waals surface area contributed by atoms with Gasteiger partial charge in [0.1, 0.15) is 17.1 Å². The number of ether oxygens (including phenoxy) is 1. The number of rotatable bonds is 3. The van der Waals surface area contributed by atoms with Crippen molar-refractivity contribution in [2.75, 3.05) is 0 Å². The predicted molar refractivity (Wildman–Crippen MR) is 87.4 cm³/mol. The summed E-state index contributed by atoms with van der Waals surface area (Å²) in [6.07, 6.45) is 0. The molecular weight excluding hydrogens is 316 g/mol. The minimum Gasteiger partial charge on any atom is -0.461 e. The van der Waals surface area contributed by atoms with E-state index < -0.39 is 5.97 Å². The molecule has 0 aliphatic heterocycles. The van der Waals surface area contributed by atoms with E-state index >= 15 is 0 Å². The van der Waals surface area contributed by atoms with Crippen LogP contribution in [-0.4, -0.2) is 11.8 Å². The van der Waals surface area contributed by atoms with Gasteiger partial charge in [-0.15, -0.1) is 0 Å². The van der Waals surface area contributed by atoms with E-state index in [9.17, 15) is 9.59 Å². The third kappa shape index (κ3) is 2.98. The second-order valence-electron chi connectivity index (χ2n) is 5.15. The molecule has 0 spiro atoms. The van der Waals surface area contributed by atoms with Crippen molar-refractivity contribution in [3.63, 3.8) is 0 Å². The van der Waals surface area contributed by atoms with E-state index in [2.05, 4.69) is 0 Å². The first-order valence-corrected chi connectivity index (χ1v) is 7.35. The number of hydrogen-bond acceptors (Lipinski definition) is 4. The van der Waals surface area contributed by atoms with E-state index in [0.717, 1.165) is 0 Å². The van der Waals surface area contributed by atoms with Gasteiger partial charge in [0.15, 0.2) is 5.78 Å². The molecule has 0 saturated heterocycles. The van der Waals surface area contributed by atoms with Crippen molar-refractivity contribution in [2.45, 2.75) is 13.8 Å². The highest BCUT2D eigenvalue weighted by molar-refractivity contribution is 6.30. The number of carbonyl (C=O) groups is 2. The lowest BCUT2D eigenvalue weighted by Gasteiger charge is -2.05. The van der Waals surface area contributed by atoms with Gasteiger partial charge in [0.05, 0.1) is 11.1 Å². The molecule has 0 saturated carbocycles. The van der Waals surface area contributed by atoms with E-state index in [1.807, 2.05) is 0 Å². The summed E-state index contributed by atoms with van der Waals surface area (Å²) in [5.74, 6) is 0.271. The number of halogens is 1. The number of benzene rings is 2. The average Bonchev–Trinajstić information content (AvgIpc) is 2.82. The van der Waals surface area contributed by atoms with Crippen LogP contribution < -0.4 is 4.74 Å². The number of esters is 1. The van der Waals surface area contributed by atoms with Crippen LogP contribution in [0.25, 0.3) is 11.0 Å². The number of carbonyl (C=O) groups excluding carboxylic acids is 2. The van der Waals surface area contributed by atoms with E-state index in [0.29, 0.717) is 38.6 Å². The Kier molecular flexibility index (Phi) is 3.92. The quantitative estimate of drug-likeness (QED) is 0.393. The number of aryl methyl sites for hydroxylation is 1. The zero-order valence-electron chi connectivity index (χ0n) is 12.6. The molecule has 3 aromatic rings.